The molecule has 2 heterocycles. The lowest BCUT2D eigenvalue weighted by Crippen LogP contribution is -2.11. The van der Waals surface area contributed by atoms with Crippen molar-refractivity contribution in [2.75, 3.05) is 9.80 Å². The molecule has 0 unspecified atom stereocenters. The van der Waals surface area contributed by atoms with Gasteiger partial charge in [0.1, 0.15) is 11.2 Å². The molecule has 0 atom stereocenters. The summed E-state index contributed by atoms with van der Waals surface area (Å²) in [6, 6.07) is 59.2. The molecule has 61 heavy (non-hydrogen) atoms. The Morgan fingerprint density at radius 1 is 0.393 bits per heavy atom. The number of furan rings is 2. The Labute approximate surface area is 355 Å². The van der Waals surface area contributed by atoms with Crippen molar-refractivity contribution < 1.29 is 8.83 Å². The van der Waals surface area contributed by atoms with E-state index in [9.17, 15) is 0 Å². The number of hydrogen-bond donors (Lipinski definition) is 0. The average Bonchev–Trinajstić information content (AvgIpc) is 3.83. The van der Waals surface area contributed by atoms with E-state index < -0.39 is 0 Å². The zero-order valence-electron chi connectivity index (χ0n) is 35.4. The molecular formula is C57H46N2O2. The maximum atomic E-state index is 6.95. The fourth-order valence-electron chi connectivity index (χ4n) is 9.36. The average molecular weight is 791 g/mol. The quantitative estimate of drug-likeness (QED) is 0.161. The van der Waals surface area contributed by atoms with Gasteiger partial charge in [-0.25, -0.2) is 0 Å². The minimum Gasteiger partial charge on any atom is -0.452 e. The summed E-state index contributed by atoms with van der Waals surface area (Å²) in [6.07, 6.45) is 0. The standard InChI is InChI=1S/C57H46N2O2/c1-34(2)47-33-49-48-29-39-23-25-45(58(43-17-9-7-10-18-43)51-21-13-15-35(3)37(51)5)27-41(39)31-53(48)60-56(49)57-55(47)50-30-40-24-26-46(28-42(40)32-54(50)61-57)59(44-19-11-8-12-20-44)52-22-14-16-36(4)38(52)6/h7-34H,1-6H3. The van der Waals surface area contributed by atoms with E-state index in [0.29, 0.717) is 0 Å². The van der Waals surface area contributed by atoms with E-state index in [4.69, 9.17) is 8.83 Å². The highest BCUT2D eigenvalue weighted by Crippen LogP contribution is 2.46. The Morgan fingerprint density at radius 2 is 0.885 bits per heavy atom. The topological polar surface area (TPSA) is 32.8 Å². The van der Waals surface area contributed by atoms with Gasteiger partial charge < -0.3 is 18.6 Å². The minimum absolute atomic E-state index is 0.268. The molecule has 2 aromatic heterocycles. The maximum Gasteiger partial charge on any atom is 0.178 e. The normalized spacial score (nSPS) is 11.9. The minimum atomic E-state index is 0.268. The second-order valence-corrected chi connectivity index (χ2v) is 16.9. The van der Waals surface area contributed by atoms with Gasteiger partial charge in [0.05, 0.1) is 0 Å². The molecule has 11 aromatic rings. The summed E-state index contributed by atoms with van der Waals surface area (Å²) in [6.45, 7) is 13.3. The van der Waals surface area contributed by atoms with Gasteiger partial charge in [0.2, 0.25) is 0 Å². The van der Waals surface area contributed by atoms with E-state index in [0.717, 1.165) is 82.8 Å². The molecule has 0 bridgehead atoms. The van der Waals surface area contributed by atoms with Crippen molar-refractivity contribution in [2.45, 2.75) is 47.5 Å². The Kier molecular flexibility index (Phi) is 8.54. The van der Waals surface area contributed by atoms with Crippen LogP contribution in [0.2, 0.25) is 0 Å². The van der Waals surface area contributed by atoms with Gasteiger partial charge in [-0.3, -0.25) is 0 Å². The van der Waals surface area contributed by atoms with Crippen molar-refractivity contribution in [3.63, 3.8) is 0 Å². The summed E-state index contributed by atoms with van der Waals surface area (Å²) >= 11 is 0. The number of hydrogen-bond acceptors (Lipinski definition) is 4. The fraction of sp³-hybridized carbons (Fsp3) is 0.123. The highest BCUT2D eigenvalue weighted by molar-refractivity contribution is 6.23. The van der Waals surface area contributed by atoms with Crippen molar-refractivity contribution in [2.24, 2.45) is 0 Å². The SMILES string of the molecule is Cc1cccc(N(c2ccccc2)c2ccc3cc4c(cc3c2)oc2c4cc(C(C)C)c3c4cc5ccc(N(c6ccccc6)c6cccc(C)c6C)cc5cc4oc23)c1C. The summed E-state index contributed by atoms with van der Waals surface area (Å²) in [4.78, 5) is 4.71. The monoisotopic (exact) mass is 790 g/mol. The Hall–Kier alpha value is -7.30. The van der Waals surface area contributed by atoms with Crippen LogP contribution in [-0.4, -0.2) is 0 Å². The van der Waals surface area contributed by atoms with Crippen molar-refractivity contribution in [3.05, 3.63) is 192 Å². The van der Waals surface area contributed by atoms with E-state index in [-0.39, 0.29) is 5.92 Å². The first-order chi connectivity index (χ1) is 29.7. The van der Waals surface area contributed by atoms with Gasteiger partial charge >= 0.3 is 0 Å². The van der Waals surface area contributed by atoms with Crippen LogP contribution in [0.5, 0.6) is 0 Å². The van der Waals surface area contributed by atoms with Crippen LogP contribution in [0.1, 0.15) is 47.6 Å². The van der Waals surface area contributed by atoms with Crippen LogP contribution in [0.25, 0.3) is 65.4 Å². The second-order valence-electron chi connectivity index (χ2n) is 16.9. The smallest absolute Gasteiger partial charge is 0.178 e. The third-order valence-electron chi connectivity index (χ3n) is 12.9. The van der Waals surface area contributed by atoms with Crippen molar-refractivity contribution in [3.8, 4) is 0 Å². The summed E-state index contributed by atoms with van der Waals surface area (Å²) < 4.78 is 13.8. The van der Waals surface area contributed by atoms with Gasteiger partial charge in [0.25, 0.3) is 0 Å². The molecule has 4 heteroatoms. The Balaban J connectivity index is 1.08. The molecular weight excluding hydrogens is 745 g/mol. The molecule has 0 fully saturated rings. The van der Waals surface area contributed by atoms with Gasteiger partial charge in [-0.1, -0.05) is 86.6 Å². The van der Waals surface area contributed by atoms with E-state index in [2.05, 4.69) is 215 Å². The van der Waals surface area contributed by atoms with Crippen molar-refractivity contribution in [1.29, 1.82) is 0 Å². The van der Waals surface area contributed by atoms with Crippen LogP contribution < -0.4 is 9.80 Å². The molecule has 9 aromatic carbocycles. The molecule has 0 saturated carbocycles. The number of fused-ring (bicyclic) bond motifs is 9. The van der Waals surface area contributed by atoms with Gasteiger partial charge in [-0.15, -0.1) is 0 Å². The van der Waals surface area contributed by atoms with Crippen molar-refractivity contribution in [1.82, 2.24) is 0 Å². The van der Waals surface area contributed by atoms with Crippen LogP contribution in [0.4, 0.5) is 34.1 Å². The Morgan fingerprint density at radius 3 is 1.41 bits per heavy atom. The Bertz CT molecular complexity index is 3500. The van der Waals surface area contributed by atoms with Crippen molar-refractivity contribution >= 4 is 99.5 Å². The number of anilines is 6. The number of rotatable bonds is 7. The van der Waals surface area contributed by atoms with Crippen LogP contribution in [0, 0.1) is 27.7 Å². The molecule has 0 N–H and O–H groups in total. The molecule has 296 valence electrons. The molecule has 4 nitrogen and oxygen atoms in total. The first-order valence-electron chi connectivity index (χ1n) is 21.3. The lowest BCUT2D eigenvalue weighted by atomic mass is 9.94. The van der Waals surface area contributed by atoms with E-state index in [1.165, 1.54) is 44.6 Å². The second kappa shape index (κ2) is 14.2. The predicted molar refractivity (Wildman–Crippen MR) is 258 cm³/mol. The number of para-hydroxylation sites is 2. The molecule has 0 saturated heterocycles. The zero-order valence-corrected chi connectivity index (χ0v) is 35.4. The highest BCUT2D eigenvalue weighted by Gasteiger charge is 2.23. The summed E-state index contributed by atoms with van der Waals surface area (Å²) in [7, 11) is 0. The van der Waals surface area contributed by atoms with Crippen LogP contribution in [0.15, 0.2) is 173 Å². The summed E-state index contributed by atoms with van der Waals surface area (Å²) in [5.74, 6) is 0.268. The molecule has 0 aliphatic carbocycles. The lowest BCUT2D eigenvalue weighted by molar-refractivity contribution is 0.633. The highest BCUT2D eigenvalue weighted by atomic mass is 16.4. The van der Waals surface area contributed by atoms with Gasteiger partial charge in [0, 0.05) is 55.7 Å². The molecule has 0 spiro atoms. The van der Waals surface area contributed by atoms with Gasteiger partial charge in [-0.2, -0.15) is 0 Å². The third kappa shape index (κ3) is 5.96. The molecule has 0 radical (unpaired) electrons. The first-order valence-corrected chi connectivity index (χ1v) is 21.3. The van der Waals surface area contributed by atoms with Gasteiger partial charge in [0.15, 0.2) is 11.2 Å². The van der Waals surface area contributed by atoms with Crippen LogP contribution >= 0.6 is 0 Å². The molecule has 0 aliphatic rings. The van der Waals surface area contributed by atoms with E-state index >= 15 is 0 Å². The summed E-state index contributed by atoms with van der Waals surface area (Å²) in [5.41, 5.74) is 16.4. The maximum absolute atomic E-state index is 6.95. The lowest BCUT2D eigenvalue weighted by Gasteiger charge is -2.28. The van der Waals surface area contributed by atoms with Gasteiger partial charge in [-0.05, 0) is 174 Å². The predicted octanol–water partition coefficient (Wildman–Crippen LogP) is 17.1. The molecule has 0 amide bonds. The molecule has 11 rings (SSSR count). The fourth-order valence-corrected chi connectivity index (χ4v) is 9.36. The number of aryl methyl sites for hydroxylation is 2. The number of benzene rings is 9. The number of nitrogens with zero attached hydrogens (tertiary/aromatic N) is 2. The third-order valence-corrected chi connectivity index (χ3v) is 12.9. The van der Waals surface area contributed by atoms with E-state index in [1.54, 1.807) is 0 Å². The van der Waals surface area contributed by atoms with E-state index in [1.807, 2.05) is 0 Å². The largest absolute Gasteiger partial charge is 0.452 e. The van der Waals surface area contributed by atoms with Crippen LogP contribution in [0.3, 0.4) is 0 Å². The zero-order chi connectivity index (χ0) is 41.5. The molecule has 0 aliphatic heterocycles. The van der Waals surface area contributed by atoms with Crippen LogP contribution in [-0.2, 0) is 0 Å². The summed E-state index contributed by atoms with van der Waals surface area (Å²) in [5, 5.41) is 8.98. The first kappa shape index (κ1) is 36.8.